The van der Waals surface area contributed by atoms with Gasteiger partial charge in [-0.05, 0) is 30.7 Å². The van der Waals surface area contributed by atoms with Gasteiger partial charge in [-0.15, -0.1) is 0 Å². The molecule has 0 aliphatic carbocycles. The van der Waals surface area contributed by atoms with Crippen molar-refractivity contribution in [2.75, 3.05) is 6.54 Å². The topological polar surface area (TPSA) is 98.5 Å². The largest absolute Gasteiger partial charge is 0.454 e. The molecule has 6 nitrogen and oxygen atoms in total. The van der Waals surface area contributed by atoms with Crippen LogP contribution in [-0.2, 0) is 14.9 Å². The number of ether oxygens (including phenoxy) is 1. The molecule has 0 spiro atoms. The molecule has 0 unspecified atom stereocenters. The number of unbranched alkanes of at least 4 members (excludes halogenated alkanes) is 2. The third-order valence-corrected chi connectivity index (χ3v) is 4.07. The van der Waals surface area contributed by atoms with Crippen molar-refractivity contribution < 1.29 is 19.1 Å². The normalized spacial score (nSPS) is 12.3. The van der Waals surface area contributed by atoms with Crippen molar-refractivity contribution in [3.8, 4) is 0 Å². The Labute approximate surface area is 155 Å². The molecule has 0 saturated heterocycles. The van der Waals surface area contributed by atoms with E-state index in [2.05, 4.69) is 26.1 Å². The Kier molecular flexibility index (Phi) is 8.29. The first-order chi connectivity index (χ1) is 12.1. The standard InChI is InChI=1S/C20H30N2O4/c1-14(26-17(23)8-6-5-7-13-22-19(21)25)18(24)15-9-11-16(12-10-15)20(2,3)4/h9-12,14H,5-8,13H2,1-4H3,(H3,21,22,25)/t14-/m1/s1. The molecular formula is C20H30N2O4. The number of ketones is 1. The van der Waals surface area contributed by atoms with Gasteiger partial charge in [0.05, 0.1) is 0 Å². The summed E-state index contributed by atoms with van der Waals surface area (Å²) < 4.78 is 5.23. The number of nitrogens with two attached hydrogens (primary N) is 1. The van der Waals surface area contributed by atoms with E-state index in [9.17, 15) is 14.4 Å². The number of nitrogens with one attached hydrogen (secondary N) is 1. The highest BCUT2D eigenvalue weighted by molar-refractivity contribution is 6.00. The number of urea groups is 1. The molecule has 0 aliphatic rings. The van der Waals surface area contributed by atoms with Crippen molar-refractivity contribution in [1.82, 2.24) is 5.32 Å². The van der Waals surface area contributed by atoms with E-state index in [1.165, 1.54) is 0 Å². The highest BCUT2D eigenvalue weighted by Crippen LogP contribution is 2.22. The first-order valence-electron chi connectivity index (χ1n) is 8.99. The maximum absolute atomic E-state index is 12.4. The van der Waals surface area contributed by atoms with Gasteiger partial charge in [0.15, 0.2) is 6.10 Å². The molecular weight excluding hydrogens is 332 g/mol. The number of amides is 2. The van der Waals surface area contributed by atoms with Crippen LogP contribution >= 0.6 is 0 Å². The number of hydrogen-bond acceptors (Lipinski definition) is 4. The van der Waals surface area contributed by atoms with Crippen molar-refractivity contribution in [3.05, 3.63) is 35.4 Å². The second kappa shape index (κ2) is 9.94. The van der Waals surface area contributed by atoms with E-state index >= 15 is 0 Å². The molecule has 3 N–H and O–H groups in total. The Hall–Kier alpha value is -2.37. The fraction of sp³-hybridized carbons (Fsp3) is 0.550. The van der Waals surface area contributed by atoms with Gasteiger partial charge < -0.3 is 15.8 Å². The van der Waals surface area contributed by atoms with E-state index < -0.39 is 12.1 Å². The van der Waals surface area contributed by atoms with E-state index in [-0.39, 0.29) is 23.6 Å². The number of carbonyl (C=O) groups excluding carboxylic acids is 3. The molecule has 0 saturated carbocycles. The fourth-order valence-electron chi connectivity index (χ4n) is 2.46. The number of carbonyl (C=O) groups is 3. The van der Waals surface area contributed by atoms with Gasteiger partial charge in [0.1, 0.15) is 0 Å². The molecule has 1 rings (SSSR count). The minimum absolute atomic E-state index is 0.0205. The number of primary amides is 1. The third-order valence-electron chi connectivity index (χ3n) is 4.07. The Balaban J connectivity index is 2.39. The molecule has 0 heterocycles. The average molecular weight is 362 g/mol. The van der Waals surface area contributed by atoms with E-state index in [4.69, 9.17) is 10.5 Å². The minimum atomic E-state index is -0.806. The van der Waals surface area contributed by atoms with Crippen LogP contribution in [0.1, 0.15) is 69.3 Å². The van der Waals surface area contributed by atoms with E-state index in [0.717, 1.165) is 18.4 Å². The van der Waals surface area contributed by atoms with Crippen molar-refractivity contribution >= 4 is 17.8 Å². The SMILES string of the molecule is C[C@@H](OC(=O)CCCCCNC(N)=O)C(=O)c1ccc(C(C)(C)C)cc1. The summed E-state index contributed by atoms with van der Waals surface area (Å²) in [5, 5.41) is 2.49. The number of esters is 1. The minimum Gasteiger partial charge on any atom is -0.454 e. The van der Waals surface area contributed by atoms with Crippen LogP contribution in [0.4, 0.5) is 4.79 Å². The van der Waals surface area contributed by atoms with Gasteiger partial charge in [0.25, 0.3) is 0 Å². The summed E-state index contributed by atoms with van der Waals surface area (Å²) in [4.78, 5) is 34.8. The molecule has 0 bridgehead atoms. The molecule has 2 amide bonds. The smallest absolute Gasteiger partial charge is 0.312 e. The van der Waals surface area contributed by atoms with Crippen LogP contribution in [0, 0.1) is 0 Å². The number of benzene rings is 1. The summed E-state index contributed by atoms with van der Waals surface area (Å²) in [6, 6.07) is 6.87. The quantitative estimate of drug-likeness (QED) is 0.400. The fourth-order valence-corrected chi connectivity index (χ4v) is 2.46. The summed E-state index contributed by atoms with van der Waals surface area (Å²) >= 11 is 0. The molecule has 0 aromatic heterocycles. The van der Waals surface area contributed by atoms with Crippen molar-refractivity contribution in [2.45, 2.75) is 64.9 Å². The van der Waals surface area contributed by atoms with Crippen LogP contribution in [0.15, 0.2) is 24.3 Å². The molecule has 144 valence electrons. The summed E-state index contributed by atoms with van der Waals surface area (Å²) in [7, 11) is 0. The third kappa shape index (κ3) is 7.68. The van der Waals surface area contributed by atoms with Gasteiger partial charge >= 0.3 is 12.0 Å². The highest BCUT2D eigenvalue weighted by atomic mass is 16.5. The Bertz CT molecular complexity index is 618. The van der Waals surface area contributed by atoms with Crippen LogP contribution in [0.25, 0.3) is 0 Å². The van der Waals surface area contributed by atoms with Gasteiger partial charge in [-0.25, -0.2) is 4.79 Å². The predicted octanol–water partition coefficient (Wildman–Crippen LogP) is 3.33. The van der Waals surface area contributed by atoms with Crippen molar-refractivity contribution in [1.29, 1.82) is 0 Å². The van der Waals surface area contributed by atoms with Gasteiger partial charge in [-0.1, -0.05) is 51.5 Å². The van der Waals surface area contributed by atoms with Crippen LogP contribution in [0.5, 0.6) is 0 Å². The summed E-state index contributed by atoms with van der Waals surface area (Å²) in [6.45, 7) is 8.41. The van der Waals surface area contributed by atoms with Crippen LogP contribution in [0.3, 0.4) is 0 Å². The van der Waals surface area contributed by atoms with E-state index in [1.807, 2.05) is 12.1 Å². The molecule has 0 fully saturated rings. The van der Waals surface area contributed by atoms with Gasteiger partial charge in [-0.2, -0.15) is 0 Å². The lowest BCUT2D eigenvalue weighted by Crippen LogP contribution is -2.30. The molecule has 26 heavy (non-hydrogen) atoms. The second-order valence-corrected chi connectivity index (χ2v) is 7.43. The Morgan fingerprint density at radius 1 is 1.08 bits per heavy atom. The number of Topliss-reactive ketones (excluding diaryl/α,β-unsaturated/α-hetero) is 1. The monoisotopic (exact) mass is 362 g/mol. The molecule has 1 aromatic rings. The van der Waals surface area contributed by atoms with Crippen LogP contribution < -0.4 is 11.1 Å². The zero-order chi connectivity index (χ0) is 19.7. The first-order valence-corrected chi connectivity index (χ1v) is 8.99. The summed E-state index contributed by atoms with van der Waals surface area (Å²) in [6.07, 6.45) is 1.59. The van der Waals surface area contributed by atoms with Gasteiger partial charge in [0.2, 0.25) is 5.78 Å². The molecule has 0 aliphatic heterocycles. The van der Waals surface area contributed by atoms with Crippen LogP contribution in [-0.4, -0.2) is 30.4 Å². The molecule has 6 heteroatoms. The Morgan fingerprint density at radius 3 is 2.23 bits per heavy atom. The zero-order valence-electron chi connectivity index (χ0n) is 16.1. The lowest BCUT2D eigenvalue weighted by molar-refractivity contribution is -0.146. The maximum atomic E-state index is 12.4. The van der Waals surface area contributed by atoms with Crippen molar-refractivity contribution in [3.63, 3.8) is 0 Å². The average Bonchev–Trinajstić information content (AvgIpc) is 2.56. The molecule has 0 radical (unpaired) electrons. The number of rotatable bonds is 9. The summed E-state index contributed by atoms with van der Waals surface area (Å²) in [5.74, 6) is -0.593. The maximum Gasteiger partial charge on any atom is 0.312 e. The zero-order valence-corrected chi connectivity index (χ0v) is 16.1. The molecule has 1 atom stereocenters. The van der Waals surface area contributed by atoms with Gasteiger partial charge in [0, 0.05) is 18.5 Å². The highest BCUT2D eigenvalue weighted by Gasteiger charge is 2.20. The summed E-state index contributed by atoms with van der Waals surface area (Å²) in [5.41, 5.74) is 6.66. The predicted molar refractivity (Wildman–Crippen MR) is 101 cm³/mol. The first kappa shape index (κ1) is 21.7. The number of hydrogen-bond donors (Lipinski definition) is 2. The lowest BCUT2D eigenvalue weighted by atomic mass is 9.86. The molecule has 1 aromatic carbocycles. The van der Waals surface area contributed by atoms with Gasteiger partial charge in [-0.3, -0.25) is 9.59 Å². The van der Waals surface area contributed by atoms with E-state index in [1.54, 1.807) is 19.1 Å². The van der Waals surface area contributed by atoms with Crippen molar-refractivity contribution in [2.24, 2.45) is 5.73 Å². The van der Waals surface area contributed by atoms with Crippen LogP contribution in [0.2, 0.25) is 0 Å². The second-order valence-electron chi connectivity index (χ2n) is 7.43. The lowest BCUT2D eigenvalue weighted by Gasteiger charge is -2.19. The van der Waals surface area contributed by atoms with E-state index in [0.29, 0.717) is 18.5 Å². The Morgan fingerprint density at radius 2 is 1.69 bits per heavy atom.